The third-order valence-electron chi connectivity index (χ3n) is 5.85. The summed E-state index contributed by atoms with van der Waals surface area (Å²) in [5, 5.41) is 13.7. The Morgan fingerprint density at radius 3 is 3.00 bits per heavy atom. The van der Waals surface area contributed by atoms with E-state index in [4.69, 9.17) is 4.74 Å². The third kappa shape index (κ3) is 3.86. The number of hydrogen-bond acceptors (Lipinski definition) is 7. The van der Waals surface area contributed by atoms with Crippen molar-refractivity contribution in [1.82, 2.24) is 20.5 Å². The number of rotatable bonds is 6. The van der Waals surface area contributed by atoms with Crippen LogP contribution in [0, 0.1) is 5.92 Å². The average Bonchev–Trinajstić information content (AvgIpc) is 3.35. The molecule has 0 bridgehead atoms. The zero-order valence-corrected chi connectivity index (χ0v) is 16.5. The van der Waals surface area contributed by atoms with Crippen LogP contribution in [0.25, 0.3) is 0 Å². The highest BCUT2D eigenvalue weighted by atomic mass is 32.1. The first-order chi connectivity index (χ1) is 13.3. The van der Waals surface area contributed by atoms with Gasteiger partial charge in [-0.05, 0) is 50.2 Å². The lowest BCUT2D eigenvalue weighted by Gasteiger charge is -2.40. The minimum Gasteiger partial charge on any atom is -0.371 e. The molecule has 27 heavy (non-hydrogen) atoms. The monoisotopic (exact) mass is 385 g/mol. The second-order valence-electron chi connectivity index (χ2n) is 7.95. The van der Waals surface area contributed by atoms with Crippen molar-refractivity contribution in [3.63, 3.8) is 0 Å². The zero-order valence-electron chi connectivity index (χ0n) is 15.7. The lowest BCUT2D eigenvalue weighted by molar-refractivity contribution is 0.111. The summed E-state index contributed by atoms with van der Waals surface area (Å²) >= 11 is 1.79. The Morgan fingerprint density at radius 1 is 1.19 bits per heavy atom. The fourth-order valence-corrected chi connectivity index (χ4v) is 5.22. The van der Waals surface area contributed by atoms with Crippen LogP contribution in [0.15, 0.2) is 12.3 Å². The van der Waals surface area contributed by atoms with Gasteiger partial charge in [-0.25, -0.2) is 4.98 Å². The summed E-state index contributed by atoms with van der Waals surface area (Å²) in [7, 11) is 0. The fraction of sp³-hybridized carbons (Fsp3) is 0.650. The minimum atomic E-state index is 0.238. The van der Waals surface area contributed by atoms with E-state index in [-0.39, 0.29) is 6.10 Å². The zero-order chi connectivity index (χ0) is 18.1. The van der Waals surface area contributed by atoms with Gasteiger partial charge >= 0.3 is 0 Å². The molecule has 144 valence electrons. The van der Waals surface area contributed by atoms with E-state index in [1.165, 1.54) is 35.4 Å². The number of aryl methyl sites for hydroxylation is 2. The summed E-state index contributed by atoms with van der Waals surface area (Å²) in [5.41, 5.74) is 2.63. The number of aromatic nitrogens is 3. The summed E-state index contributed by atoms with van der Waals surface area (Å²) in [5.74, 6) is 1.75. The molecule has 2 aromatic rings. The fourth-order valence-electron chi connectivity index (χ4n) is 4.24. The quantitative estimate of drug-likeness (QED) is 0.825. The normalized spacial score (nSPS) is 22.7. The summed E-state index contributed by atoms with van der Waals surface area (Å²) in [4.78, 5) is 8.21. The Labute approximate surface area is 164 Å². The van der Waals surface area contributed by atoms with E-state index < -0.39 is 0 Å². The smallest absolute Gasteiger partial charge is 0.151 e. The molecular weight excluding hydrogens is 358 g/mol. The highest BCUT2D eigenvalue weighted by Crippen LogP contribution is 2.31. The van der Waals surface area contributed by atoms with Crippen molar-refractivity contribution < 1.29 is 4.74 Å². The average molecular weight is 386 g/mol. The second kappa shape index (κ2) is 7.81. The van der Waals surface area contributed by atoms with Gasteiger partial charge in [0.25, 0.3) is 0 Å². The van der Waals surface area contributed by atoms with E-state index in [0.29, 0.717) is 5.92 Å². The Morgan fingerprint density at radius 2 is 2.11 bits per heavy atom. The molecule has 0 radical (unpaired) electrons. The maximum atomic E-state index is 5.72. The number of hydrogen-bond donors (Lipinski definition) is 1. The molecule has 2 aliphatic heterocycles. The van der Waals surface area contributed by atoms with E-state index in [9.17, 15) is 0 Å². The van der Waals surface area contributed by atoms with Gasteiger partial charge in [-0.15, -0.1) is 16.4 Å². The van der Waals surface area contributed by atoms with Crippen LogP contribution in [0.4, 0.5) is 5.82 Å². The predicted octanol–water partition coefficient (Wildman–Crippen LogP) is 2.89. The van der Waals surface area contributed by atoms with Crippen molar-refractivity contribution in [2.24, 2.45) is 5.92 Å². The molecule has 0 aromatic carbocycles. The molecule has 1 N–H and O–H groups in total. The van der Waals surface area contributed by atoms with Crippen molar-refractivity contribution in [2.45, 2.75) is 51.2 Å². The van der Waals surface area contributed by atoms with Crippen LogP contribution in [0.2, 0.25) is 0 Å². The molecule has 6 nitrogen and oxygen atoms in total. The molecule has 1 unspecified atom stereocenters. The molecule has 1 atom stereocenters. The number of ether oxygens (including phenoxy) is 1. The first-order valence-electron chi connectivity index (χ1n) is 10.2. The van der Waals surface area contributed by atoms with Gasteiger partial charge in [0, 0.05) is 49.8 Å². The van der Waals surface area contributed by atoms with Crippen molar-refractivity contribution in [3.05, 3.63) is 33.4 Å². The molecule has 2 saturated heterocycles. The number of nitrogens with zero attached hydrogens (tertiary/aromatic N) is 4. The van der Waals surface area contributed by atoms with Crippen LogP contribution in [-0.4, -0.2) is 41.4 Å². The number of nitrogens with one attached hydrogen (secondary N) is 1. The third-order valence-corrected chi connectivity index (χ3v) is 6.94. The van der Waals surface area contributed by atoms with Crippen molar-refractivity contribution in [2.75, 3.05) is 31.1 Å². The van der Waals surface area contributed by atoms with Gasteiger partial charge in [0.1, 0.15) is 11.1 Å². The van der Waals surface area contributed by atoms with E-state index in [2.05, 4.69) is 31.5 Å². The molecular formula is C20H27N5OS. The van der Waals surface area contributed by atoms with Crippen LogP contribution in [0.1, 0.15) is 52.9 Å². The summed E-state index contributed by atoms with van der Waals surface area (Å²) in [6.07, 6.45) is 9.32. The molecule has 2 aromatic heterocycles. The molecule has 0 amide bonds. The largest absolute Gasteiger partial charge is 0.371 e. The van der Waals surface area contributed by atoms with Gasteiger partial charge in [-0.1, -0.05) is 0 Å². The lowest BCUT2D eigenvalue weighted by Crippen LogP contribution is -2.51. The maximum Gasteiger partial charge on any atom is 0.151 e. The van der Waals surface area contributed by atoms with Crippen LogP contribution in [0.3, 0.4) is 0 Å². The van der Waals surface area contributed by atoms with Gasteiger partial charge < -0.3 is 15.0 Å². The molecule has 0 saturated carbocycles. The van der Waals surface area contributed by atoms with E-state index in [1.807, 2.05) is 6.20 Å². The Balaban J connectivity index is 1.07. The van der Waals surface area contributed by atoms with Gasteiger partial charge in [0.05, 0.1) is 5.69 Å². The standard InChI is InChI=1S/C20H27N5OS/c1-2-5-17-15(4-1)8-19(24-23-17)25-12-14(13-25)9-21-10-16-11-22-20(27-16)18-6-3-7-26-18/h8,11,14,18,21H,1-7,9-10,12-13H2. The Kier molecular flexibility index (Phi) is 5.07. The maximum absolute atomic E-state index is 5.72. The summed E-state index contributed by atoms with van der Waals surface area (Å²) in [6.45, 7) is 4.97. The first kappa shape index (κ1) is 17.5. The molecule has 1 aliphatic carbocycles. The Bertz CT molecular complexity index is 782. The van der Waals surface area contributed by atoms with E-state index in [1.54, 1.807) is 11.3 Å². The second-order valence-corrected chi connectivity index (χ2v) is 9.10. The lowest BCUT2D eigenvalue weighted by atomic mass is 9.95. The minimum absolute atomic E-state index is 0.238. The van der Waals surface area contributed by atoms with Crippen molar-refractivity contribution in [3.8, 4) is 0 Å². The Hall–Kier alpha value is -1.57. The van der Waals surface area contributed by atoms with Gasteiger partial charge in [0.15, 0.2) is 5.82 Å². The molecule has 7 heteroatoms. The van der Waals surface area contributed by atoms with Crippen molar-refractivity contribution in [1.29, 1.82) is 0 Å². The predicted molar refractivity (Wildman–Crippen MR) is 106 cm³/mol. The van der Waals surface area contributed by atoms with Gasteiger partial charge in [-0.2, -0.15) is 5.10 Å². The summed E-state index contributed by atoms with van der Waals surface area (Å²) < 4.78 is 5.72. The molecule has 3 aliphatic rings. The number of fused-ring (bicyclic) bond motifs is 1. The molecule has 0 spiro atoms. The van der Waals surface area contributed by atoms with E-state index in [0.717, 1.165) is 62.9 Å². The van der Waals surface area contributed by atoms with E-state index >= 15 is 0 Å². The number of thiazole rings is 1. The highest BCUT2D eigenvalue weighted by Gasteiger charge is 2.28. The van der Waals surface area contributed by atoms with Crippen molar-refractivity contribution >= 4 is 17.2 Å². The molecule has 5 rings (SSSR count). The molecule has 4 heterocycles. The van der Waals surface area contributed by atoms with Crippen LogP contribution in [0.5, 0.6) is 0 Å². The topological polar surface area (TPSA) is 63.2 Å². The SMILES string of the molecule is c1nc(C2CCCO2)sc1CNCC1CN(c2cc3c(nn2)CCCC3)C1. The van der Waals surface area contributed by atoms with Crippen LogP contribution < -0.4 is 10.2 Å². The van der Waals surface area contributed by atoms with Gasteiger partial charge in [-0.3, -0.25) is 0 Å². The van der Waals surface area contributed by atoms with Crippen LogP contribution in [-0.2, 0) is 24.1 Å². The number of anilines is 1. The highest BCUT2D eigenvalue weighted by molar-refractivity contribution is 7.11. The van der Waals surface area contributed by atoms with Crippen LogP contribution >= 0.6 is 11.3 Å². The molecule has 2 fully saturated rings. The first-order valence-corrected chi connectivity index (χ1v) is 11.0. The van der Waals surface area contributed by atoms with Gasteiger partial charge in [0.2, 0.25) is 0 Å². The summed E-state index contributed by atoms with van der Waals surface area (Å²) in [6, 6.07) is 2.27.